The molecule has 1 aromatic carbocycles. The maximum absolute atomic E-state index is 4.59. The van der Waals surface area contributed by atoms with Crippen LogP contribution in [0.2, 0.25) is 0 Å². The van der Waals surface area contributed by atoms with Crippen LogP contribution >= 0.6 is 27.7 Å². The molecule has 102 valence electrons. The van der Waals surface area contributed by atoms with Gasteiger partial charge in [0, 0.05) is 23.4 Å². The van der Waals surface area contributed by atoms with Gasteiger partial charge in [0.25, 0.3) is 0 Å². The first-order valence-electron chi connectivity index (χ1n) is 6.53. The molecule has 0 aliphatic rings. The number of nitrogens with zero attached hydrogens (tertiary/aromatic N) is 2. The number of aryl methyl sites for hydroxylation is 1. The lowest BCUT2D eigenvalue weighted by Crippen LogP contribution is -1.96. The third-order valence-electron chi connectivity index (χ3n) is 2.91. The summed E-state index contributed by atoms with van der Waals surface area (Å²) in [6.45, 7) is 2.13. The normalized spacial score (nSPS) is 11.1. The lowest BCUT2D eigenvalue weighted by atomic mass is 10.3. The lowest BCUT2D eigenvalue weighted by molar-refractivity contribution is 0.802. The van der Waals surface area contributed by atoms with Crippen molar-refractivity contribution in [1.82, 2.24) is 15.0 Å². The molecule has 1 N–H and O–H groups in total. The molecule has 0 saturated heterocycles. The molecule has 3 aromatic rings. The topological polar surface area (TPSA) is 41.6 Å². The van der Waals surface area contributed by atoms with E-state index in [1.165, 1.54) is 5.39 Å². The Labute approximate surface area is 130 Å². The highest BCUT2D eigenvalue weighted by molar-refractivity contribution is 9.10. The minimum absolute atomic E-state index is 0.842. The zero-order valence-corrected chi connectivity index (χ0v) is 13.5. The zero-order valence-electron chi connectivity index (χ0n) is 11.1. The summed E-state index contributed by atoms with van der Waals surface area (Å²) < 4.78 is 0.842. The smallest absolute Gasteiger partial charge is 0.130 e. The van der Waals surface area contributed by atoms with Gasteiger partial charge in [-0.1, -0.05) is 36.9 Å². The zero-order chi connectivity index (χ0) is 13.9. The second-order valence-electron chi connectivity index (χ2n) is 4.52. The molecular formula is C15H14BrN3S. The number of fused-ring (bicyclic) bond motifs is 1. The molecule has 2 aromatic heterocycles. The fraction of sp³-hybridized carbons (Fsp3) is 0.200. The van der Waals surface area contributed by atoms with E-state index in [0.29, 0.717) is 0 Å². The van der Waals surface area contributed by atoms with Crippen LogP contribution in [0, 0.1) is 0 Å². The number of nitrogens with one attached hydrogen (secondary N) is 1. The number of rotatable bonds is 4. The summed E-state index contributed by atoms with van der Waals surface area (Å²) in [6, 6.07) is 12.4. The minimum Gasteiger partial charge on any atom is -0.349 e. The van der Waals surface area contributed by atoms with Crippen molar-refractivity contribution in [2.24, 2.45) is 0 Å². The lowest BCUT2D eigenvalue weighted by Gasteiger charge is -2.03. The summed E-state index contributed by atoms with van der Waals surface area (Å²) >= 11 is 5.09. The van der Waals surface area contributed by atoms with E-state index in [9.17, 15) is 0 Å². The van der Waals surface area contributed by atoms with Gasteiger partial charge in [-0.05, 0) is 34.5 Å². The van der Waals surface area contributed by atoms with Gasteiger partial charge in [-0.25, -0.2) is 9.97 Å². The third kappa shape index (κ3) is 3.04. The molecule has 0 spiro atoms. The van der Waals surface area contributed by atoms with Crippen molar-refractivity contribution in [2.75, 3.05) is 0 Å². The number of aromatic nitrogens is 3. The van der Waals surface area contributed by atoms with Crippen LogP contribution in [0.3, 0.4) is 0 Å². The first-order valence-corrected chi connectivity index (χ1v) is 8.14. The quantitative estimate of drug-likeness (QED) is 0.687. The van der Waals surface area contributed by atoms with Crippen molar-refractivity contribution in [1.29, 1.82) is 0 Å². The Bertz CT molecular complexity index is 706. The molecule has 0 bridgehead atoms. The number of hydrogen-bond donors (Lipinski definition) is 1. The van der Waals surface area contributed by atoms with Crippen molar-refractivity contribution in [3.05, 3.63) is 46.8 Å². The van der Waals surface area contributed by atoms with E-state index < -0.39 is 0 Å². The molecule has 0 atom stereocenters. The standard InChI is InChI=1S/C15H14BrN3S/c1-2-5-13-18-12(16)9-15(19-13)20-14-8-10-6-3-4-7-11(10)17-14/h3-4,6-9,17H,2,5H2,1H3. The Hall–Kier alpha value is -1.33. The van der Waals surface area contributed by atoms with Gasteiger partial charge in [0.2, 0.25) is 0 Å². The van der Waals surface area contributed by atoms with Crippen molar-refractivity contribution >= 4 is 38.6 Å². The highest BCUT2D eigenvalue weighted by Crippen LogP contribution is 2.29. The number of aromatic amines is 1. The Morgan fingerprint density at radius 1 is 1.20 bits per heavy atom. The molecule has 2 heterocycles. The fourth-order valence-electron chi connectivity index (χ4n) is 2.04. The van der Waals surface area contributed by atoms with Crippen molar-refractivity contribution in [3.63, 3.8) is 0 Å². The molecule has 0 aliphatic heterocycles. The van der Waals surface area contributed by atoms with Crippen LogP contribution in [-0.4, -0.2) is 15.0 Å². The van der Waals surface area contributed by atoms with E-state index in [4.69, 9.17) is 0 Å². The molecule has 0 unspecified atom stereocenters. The predicted octanol–water partition coefficient (Wildman–Crippen LogP) is 4.82. The van der Waals surface area contributed by atoms with Crippen LogP contribution < -0.4 is 0 Å². The second kappa shape index (κ2) is 5.97. The second-order valence-corrected chi connectivity index (χ2v) is 6.39. The number of para-hydroxylation sites is 1. The summed E-state index contributed by atoms with van der Waals surface area (Å²) in [4.78, 5) is 12.4. The minimum atomic E-state index is 0.842. The van der Waals surface area contributed by atoms with Gasteiger partial charge < -0.3 is 4.98 Å². The molecule has 0 fully saturated rings. The molecule has 20 heavy (non-hydrogen) atoms. The van der Waals surface area contributed by atoms with Crippen LogP contribution in [0.1, 0.15) is 19.2 Å². The van der Waals surface area contributed by atoms with Crippen LogP contribution in [0.15, 0.2) is 51.1 Å². The highest BCUT2D eigenvalue weighted by Gasteiger charge is 2.07. The SMILES string of the molecule is CCCc1nc(Br)cc(Sc2cc3ccccc3[nH]2)n1. The van der Waals surface area contributed by atoms with Crippen molar-refractivity contribution < 1.29 is 0 Å². The molecule has 3 rings (SSSR count). The predicted molar refractivity (Wildman–Crippen MR) is 86.1 cm³/mol. The van der Waals surface area contributed by atoms with Gasteiger partial charge in [0.15, 0.2) is 0 Å². The maximum Gasteiger partial charge on any atom is 0.130 e. The summed E-state index contributed by atoms with van der Waals surface area (Å²) in [6.07, 6.45) is 1.95. The van der Waals surface area contributed by atoms with Gasteiger partial charge >= 0.3 is 0 Å². The number of hydrogen-bond acceptors (Lipinski definition) is 3. The third-order valence-corrected chi connectivity index (χ3v) is 4.18. The van der Waals surface area contributed by atoms with Crippen LogP contribution in [0.4, 0.5) is 0 Å². The highest BCUT2D eigenvalue weighted by atomic mass is 79.9. The molecule has 0 radical (unpaired) electrons. The van der Waals surface area contributed by atoms with Gasteiger partial charge in [0.1, 0.15) is 15.5 Å². The Balaban J connectivity index is 1.90. The Morgan fingerprint density at radius 2 is 2.05 bits per heavy atom. The first-order chi connectivity index (χ1) is 9.74. The monoisotopic (exact) mass is 347 g/mol. The van der Waals surface area contributed by atoms with E-state index in [0.717, 1.165) is 38.8 Å². The molecule has 3 nitrogen and oxygen atoms in total. The number of H-pyrrole nitrogens is 1. The van der Waals surface area contributed by atoms with E-state index in [1.807, 2.05) is 18.2 Å². The first kappa shape index (κ1) is 13.6. The summed E-state index contributed by atoms with van der Waals surface area (Å²) in [5.41, 5.74) is 1.15. The molecular weight excluding hydrogens is 334 g/mol. The average molecular weight is 348 g/mol. The van der Waals surface area contributed by atoms with Gasteiger partial charge in [-0.15, -0.1) is 0 Å². The van der Waals surface area contributed by atoms with Gasteiger partial charge in [-0.3, -0.25) is 0 Å². The largest absolute Gasteiger partial charge is 0.349 e. The van der Waals surface area contributed by atoms with Gasteiger partial charge in [-0.2, -0.15) is 0 Å². The Kier molecular flexibility index (Phi) is 4.08. The van der Waals surface area contributed by atoms with Crippen LogP contribution in [0.5, 0.6) is 0 Å². The summed E-state index contributed by atoms with van der Waals surface area (Å²) in [7, 11) is 0. The average Bonchev–Trinajstić information content (AvgIpc) is 2.80. The van der Waals surface area contributed by atoms with Crippen molar-refractivity contribution in [3.8, 4) is 0 Å². The molecule has 0 saturated carbocycles. The Morgan fingerprint density at radius 3 is 2.85 bits per heavy atom. The van der Waals surface area contributed by atoms with Crippen molar-refractivity contribution in [2.45, 2.75) is 29.8 Å². The van der Waals surface area contributed by atoms with E-state index >= 15 is 0 Å². The number of halogens is 1. The van der Waals surface area contributed by atoms with Gasteiger partial charge in [0.05, 0.1) is 5.03 Å². The number of benzene rings is 1. The van der Waals surface area contributed by atoms with E-state index in [2.05, 4.69) is 56.0 Å². The fourth-order valence-corrected chi connectivity index (χ4v) is 3.51. The van der Waals surface area contributed by atoms with Crippen LogP contribution in [-0.2, 0) is 6.42 Å². The van der Waals surface area contributed by atoms with Crippen LogP contribution in [0.25, 0.3) is 10.9 Å². The summed E-state index contributed by atoms with van der Waals surface area (Å²) in [5.74, 6) is 0.889. The van der Waals surface area contributed by atoms with E-state index in [-0.39, 0.29) is 0 Å². The summed E-state index contributed by atoms with van der Waals surface area (Å²) in [5, 5.41) is 3.28. The van der Waals surface area contributed by atoms with E-state index in [1.54, 1.807) is 11.8 Å². The maximum atomic E-state index is 4.59. The molecule has 0 amide bonds. The molecule has 5 heteroatoms. The molecule has 0 aliphatic carbocycles.